The maximum atomic E-state index is 13.3. The topological polar surface area (TPSA) is 100 Å². The smallest absolute Gasteiger partial charge is 0.276 e. The number of anilines is 1. The van der Waals surface area contributed by atoms with E-state index in [2.05, 4.69) is 14.9 Å². The van der Waals surface area contributed by atoms with E-state index in [9.17, 15) is 14.4 Å². The Morgan fingerprint density at radius 2 is 1.74 bits per heavy atom. The van der Waals surface area contributed by atoms with Gasteiger partial charge in [0.1, 0.15) is 11.5 Å². The van der Waals surface area contributed by atoms with Crippen LogP contribution < -0.4 is 5.32 Å². The Bertz CT molecular complexity index is 1370. The predicted octanol–water partition coefficient (Wildman–Crippen LogP) is 3.91. The van der Waals surface area contributed by atoms with Crippen molar-refractivity contribution in [2.75, 3.05) is 11.9 Å². The monoisotopic (exact) mass is 467 g/mol. The molecule has 8 heteroatoms. The second-order valence-corrected chi connectivity index (χ2v) is 8.54. The quantitative estimate of drug-likeness (QED) is 0.420. The van der Waals surface area contributed by atoms with E-state index in [0.29, 0.717) is 47.8 Å². The molecule has 0 bridgehead atoms. The van der Waals surface area contributed by atoms with Crippen LogP contribution in [0.25, 0.3) is 0 Å². The van der Waals surface area contributed by atoms with Crippen LogP contribution in [0.2, 0.25) is 0 Å². The van der Waals surface area contributed by atoms with Gasteiger partial charge >= 0.3 is 0 Å². The van der Waals surface area contributed by atoms with Crippen LogP contribution in [-0.4, -0.2) is 43.6 Å². The normalized spacial score (nSPS) is 12.8. The number of carbonyl (C=O) groups is 3. The average Bonchev–Trinajstić information content (AvgIpc) is 3.53. The highest BCUT2D eigenvalue weighted by Crippen LogP contribution is 2.24. The lowest BCUT2D eigenvalue weighted by molar-refractivity contribution is 0.0702. The first kappa shape index (κ1) is 22.3. The zero-order valence-electron chi connectivity index (χ0n) is 19.3. The molecule has 0 radical (unpaired) electrons. The lowest BCUT2D eigenvalue weighted by Crippen LogP contribution is -2.39. The van der Waals surface area contributed by atoms with Gasteiger partial charge in [-0.25, -0.2) is 4.98 Å². The molecule has 0 unspecified atom stereocenters. The largest absolute Gasteiger partial charge is 0.357 e. The minimum Gasteiger partial charge on any atom is -0.357 e. The molecule has 0 fully saturated rings. The van der Waals surface area contributed by atoms with Crippen molar-refractivity contribution in [2.24, 2.45) is 0 Å². The van der Waals surface area contributed by atoms with Crippen molar-refractivity contribution in [2.45, 2.75) is 26.4 Å². The van der Waals surface area contributed by atoms with Gasteiger partial charge in [0.25, 0.3) is 11.8 Å². The van der Waals surface area contributed by atoms with Crippen molar-refractivity contribution in [1.29, 1.82) is 0 Å². The van der Waals surface area contributed by atoms with Gasteiger partial charge in [0, 0.05) is 37.0 Å². The van der Waals surface area contributed by atoms with E-state index >= 15 is 0 Å². The Kier molecular flexibility index (Phi) is 6.01. The van der Waals surface area contributed by atoms with Gasteiger partial charge in [0.05, 0.1) is 12.2 Å². The van der Waals surface area contributed by atoms with Crippen molar-refractivity contribution < 1.29 is 14.4 Å². The molecule has 8 nitrogen and oxygen atoms in total. The molecule has 2 N–H and O–H groups in total. The summed E-state index contributed by atoms with van der Waals surface area (Å²) in [4.78, 5) is 47.3. The summed E-state index contributed by atoms with van der Waals surface area (Å²) in [5.41, 5.74) is 3.76. The molecule has 35 heavy (non-hydrogen) atoms. The number of ketones is 1. The van der Waals surface area contributed by atoms with Crippen molar-refractivity contribution in [3.63, 3.8) is 0 Å². The Morgan fingerprint density at radius 1 is 0.971 bits per heavy atom. The van der Waals surface area contributed by atoms with Crippen LogP contribution in [-0.2, 0) is 19.5 Å². The summed E-state index contributed by atoms with van der Waals surface area (Å²) < 4.78 is 2.05. The van der Waals surface area contributed by atoms with E-state index in [-0.39, 0.29) is 24.1 Å². The highest BCUT2D eigenvalue weighted by Gasteiger charge is 2.30. The van der Waals surface area contributed by atoms with E-state index < -0.39 is 0 Å². The van der Waals surface area contributed by atoms with E-state index in [0.717, 1.165) is 11.4 Å². The van der Waals surface area contributed by atoms with Gasteiger partial charge in [0.15, 0.2) is 11.5 Å². The summed E-state index contributed by atoms with van der Waals surface area (Å²) in [7, 11) is 0. The molecule has 4 aromatic rings. The molecule has 0 atom stereocenters. The standard InChI is InChI=1S/C27H25N5O3/c1-18(33)20-9-11-21(12-10-20)29-26(34)25-23-17-31(27(35)22-8-5-13-28-22)14-15-32(23)24(30-25)16-19-6-3-2-4-7-19/h2-13,28H,14-17H2,1H3,(H,29,34). The summed E-state index contributed by atoms with van der Waals surface area (Å²) in [5.74, 6) is 0.287. The van der Waals surface area contributed by atoms with E-state index in [1.54, 1.807) is 47.5 Å². The fourth-order valence-corrected chi connectivity index (χ4v) is 4.32. The van der Waals surface area contributed by atoms with Gasteiger partial charge in [-0.15, -0.1) is 0 Å². The number of hydrogen-bond donors (Lipinski definition) is 2. The van der Waals surface area contributed by atoms with Crippen LogP contribution in [0.15, 0.2) is 72.9 Å². The Morgan fingerprint density at radius 3 is 2.43 bits per heavy atom. The average molecular weight is 468 g/mol. The number of Topliss-reactive ketones (excluding diaryl/α,β-unsaturated/α-hetero) is 1. The van der Waals surface area contributed by atoms with Gasteiger partial charge in [-0.05, 0) is 48.9 Å². The van der Waals surface area contributed by atoms with Gasteiger partial charge in [-0.1, -0.05) is 30.3 Å². The number of benzene rings is 2. The molecule has 3 heterocycles. The Balaban J connectivity index is 1.45. The highest BCUT2D eigenvalue weighted by atomic mass is 16.2. The third-order valence-corrected chi connectivity index (χ3v) is 6.17. The molecule has 0 aliphatic carbocycles. The Labute approximate surface area is 202 Å². The van der Waals surface area contributed by atoms with Crippen molar-refractivity contribution >= 4 is 23.3 Å². The van der Waals surface area contributed by atoms with Crippen molar-refractivity contribution in [3.05, 3.63) is 107 Å². The molecule has 2 aromatic carbocycles. The second kappa shape index (κ2) is 9.42. The zero-order chi connectivity index (χ0) is 24.4. The second-order valence-electron chi connectivity index (χ2n) is 8.54. The lowest BCUT2D eigenvalue weighted by Gasteiger charge is -2.29. The van der Waals surface area contributed by atoms with Crippen LogP contribution in [0.4, 0.5) is 5.69 Å². The number of nitrogens with zero attached hydrogens (tertiary/aromatic N) is 3. The first-order valence-corrected chi connectivity index (χ1v) is 11.5. The maximum absolute atomic E-state index is 13.3. The molecule has 0 saturated carbocycles. The van der Waals surface area contributed by atoms with Gasteiger partial charge in [-0.3, -0.25) is 14.4 Å². The number of carbonyl (C=O) groups excluding carboxylic acids is 3. The Hall–Kier alpha value is -4.46. The van der Waals surface area contributed by atoms with Crippen molar-refractivity contribution in [1.82, 2.24) is 19.4 Å². The summed E-state index contributed by atoms with van der Waals surface area (Å²) in [6.07, 6.45) is 2.30. The highest BCUT2D eigenvalue weighted by molar-refractivity contribution is 6.04. The molecular formula is C27H25N5O3. The molecule has 0 saturated heterocycles. The molecule has 5 rings (SSSR count). The molecule has 2 amide bonds. The summed E-state index contributed by atoms with van der Waals surface area (Å²) in [6, 6.07) is 20.3. The number of fused-ring (bicyclic) bond motifs is 1. The number of aromatic amines is 1. The molecule has 0 spiro atoms. The minimum atomic E-state index is -0.349. The molecule has 1 aliphatic heterocycles. The number of hydrogen-bond acceptors (Lipinski definition) is 4. The van der Waals surface area contributed by atoms with Crippen LogP contribution in [0, 0.1) is 0 Å². The van der Waals surface area contributed by atoms with Gasteiger partial charge in [-0.2, -0.15) is 0 Å². The number of H-pyrrole nitrogens is 1. The SMILES string of the molecule is CC(=O)c1ccc(NC(=O)c2nc(Cc3ccccc3)n3c2CN(C(=O)c2ccc[nH]2)CC3)cc1. The molecular weight excluding hydrogens is 442 g/mol. The summed E-state index contributed by atoms with van der Waals surface area (Å²) in [6.45, 7) is 2.86. The van der Waals surface area contributed by atoms with Gasteiger partial charge in [0.2, 0.25) is 0 Å². The third kappa shape index (κ3) is 4.63. The first-order chi connectivity index (χ1) is 17.0. The minimum absolute atomic E-state index is 0.0385. The van der Waals surface area contributed by atoms with Crippen LogP contribution in [0.1, 0.15) is 55.3 Å². The summed E-state index contributed by atoms with van der Waals surface area (Å²) >= 11 is 0. The fourth-order valence-electron chi connectivity index (χ4n) is 4.32. The molecule has 1 aliphatic rings. The van der Waals surface area contributed by atoms with E-state index in [1.165, 1.54) is 6.92 Å². The van der Waals surface area contributed by atoms with Gasteiger partial charge < -0.3 is 19.8 Å². The molecule has 176 valence electrons. The van der Waals surface area contributed by atoms with E-state index in [4.69, 9.17) is 4.98 Å². The number of aromatic nitrogens is 3. The lowest BCUT2D eigenvalue weighted by atomic mass is 10.1. The number of rotatable bonds is 6. The predicted molar refractivity (Wildman–Crippen MR) is 131 cm³/mol. The number of imidazole rings is 1. The number of nitrogens with one attached hydrogen (secondary N) is 2. The fraction of sp³-hybridized carbons (Fsp3) is 0.185. The van der Waals surface area contributed by atoms with Crippen LogP contribution in [0.3, 0.4) is 0 Å². The number of amides is 2. The maximum Gasteiger partial charge on any atom is 0.276 e. The summed E-state index contributed by atoms with van der Waals surface area (Å²) in [5, 5.41) is 2.89. The first-order valence-electron chi connectivity index (χ1n) is 11.5. The van der Waals surface area contributed by atoms with Crippen LogP contribution >= 0.6 is 0 Å². The van der Waals surface area contributed by atoms with Crippen molar-refractivity contribution in [3.8, 4) is 0 Å². The third-order valence-electron chi connectivity index (χ3n) is 6.17. The van der Waals surface area contributed by atoms with E-state index in [1.807, 2.05) is 30.3 Å². The molecule has 2 aromatic heterocycles. The zero-order valence-corrected chi connectivity index (χ0v) is 19.3. The van der Waals surface area contributed by atoms with Crippen LogP contribution in [0.5, 0.6) is 0 Å².